The summed E-state index contributed by atoms with van der Waals surface area (Å²) in [4.78, 5) is 0. The Bertz CT molecular complexity index is 2630. The molecule has 2 aliphatic rings. The predicted octanol–water partition coefficient (Wildman–Crippen LogP) is 17.8. The van der Waals surface area contributed by atoms with Gasteiger partial charge in [0.15, 0.2) is 0 Å². The van der Waals surface area contributed by atoms with Gasteiger partial charge in [-0.25, -0.2) is 0 Å². The van der Waals surface area contributed by atoms with Gasteiger partial charge in [-0.2, -0.15) is 0 Å². The van der Waals surface area contributed by atoms with Crippen LogP contribution < -0.4 is 18.9 Å². The molecule has 0 aromatic heterocycles. The molecule has 0 saturated heterocycles. The van der Waals surface area contributed by atoms with E-state index in [1.165, 1.54) is 89.0 Å². The zero-order valence-corrected chi connectivity index (χ0v) is 42.5. The van der Waals surface area contributed by atoms with Gasteiger partial charge in [-0.05, 0) is 187 Å². The molecule has 0 spiro atoms. The fourth-order valence-electron chi connectivity index (χ4n) is 11.9. The maximum atomic E-state index is 5.37. The average Bonchev–Trinajstić information content (AvgIpc) is 3.83. The van der Waals surface area contributed by atoms with Gasteiger partial charge in [0.1, 0.15) is 23.0 Å². The molecule has 4 nitrogen and oxygen atoms in total. The van der Waals surface area contributed by atoms with Crippen molar-refractivity contribution in [1.82, 2.24) is 0 Å². The molecule has 356 valence electrons. The molecule has 10 rings (SSSR count). The van der Waals surface area contributed by atoms with Gasteiger partial charge in [-0.3, -0.25) is 0 Å². The smallest absolute Gasteiger partial charge is 0.118 e. The third-order valence-corrected chi connectivity index (χ3v) is 15.1. The minimum atomic E-state index is 0.0408. The fourth-order valence-corrected chi connectivity index (χ4v) is 11.9. The van der Waals surface area contributed by atoms with Crippen molar-refractivity contribution in [1.29, 1.82) is 0 Å². The average molecular weight is 925 g/mol. The first-order valence-electron chi connectivity index (χ1n) is 25.4. The molecule has 0 radical (unpaired) electrons. The first kappa shape index (κ1) is 48.0. The van der Waals surface area contributed by atoms with E-state index in [-0.39, 0.29) is 10.8 Å². The van der Waals surface area contributed by atoms with E-state index in [4.69, 9.17) is 18.9 Å². The van der Waals surface area contributed by atoms with Crippen LogP contribution in [0.25, 0.3) is 66.8 Å². The van der Waals surface area contributed by atoms with Crippen LogP contribution in [0.1, 0.15) is 101 Å². The zero-order chi connectivity index (χ0) is 48.8. The highest BCUT2D eigenvalue weighted by atomic mass is 16.5. The van der Waals surface area contributed by atoms with Crippen LogP contribution >= 0.6 is 0 Å². The van der Waals surface area contributed by atoms with Crippen molar-refractivity contribution in [3.8, 4) is 89.8 Å². The first-order chi connectivity index (χ1) is 34.3. The molecule has 0 heterocycles. The monoisotopic (exact) mass is 925 g/mol. The maximum absolute atomic E-state index is 5.37. The van der Waals surface area contributed by atoms with Crippen LogP contribution in [0.3, 0.4) is 0 Å². The first-order valence-corrected chi connectivity index (χ1v) is 25.4. The van der Waals surface area contributed by atoms with Gasteiger partial charge in [-0.1, -0.05) is 150 Å². The zero-order valence-electron chi connectivity index (χ0n) is 42.5. The Morgan fingerprint density at radius 3 is 0.614 bits per heavy atom. The minimum Gasteiger partial charge on any atom is -0.497 e. The van der Waals surface area contributed by atoms with Crippen LogP contribution in [-0.2, 0) is 10.8 Å². The number of rotatable bonds is 16. The standard InChI is InChI=1S/2C33H34O2/c2*1-5-19-33(20-6-2)31-21-25(23-7-13-27(34-3)14-8-23)11-17-29(31)30-18-12-26(22-32(30)33)24-9-15-28(35-4)16-10-24/h2*7-18,21-22H,5-6,19-20H2,1-4H3. The molecular formula is C66H68O4. The van der Waals surface area contributed by atoms with Crippen molar-refractivity contribution < 1.29 is 18.9 Å². The van der Waals surface area contributed by atoms with Crippen molar-refractivity contribution in [2.24, 2.45) is 0 Å². The maximum Gasteiger partial charge on any atom is 0.118 e. The van der Waals surface area contributed by atoms with Crippen LogP contribution in [0.4, 0.5) is 0 Å². The summed E-state index contributed by atoms with van der Waals surface area (Å²) in [7, 11) is 6.86. The molecule has 0 aliphatic heterocycles. The molecule has 8 aromatic carbocycles. The lowest BCUT2D eigenvalue weighted by Gasteiger charge is -2.32. The molecule has 70 heavy (non-hydrogen) atoms. The predicted molar refractivity (Wildman–Crippen MR) is 293 cm³/mol. The van der Waals surface area contributed by atoms with E-state index >= 15 is 0 Å². The van der Waals surface area contributed by atoms with E-state index in [0.717, 1.165) is 74.4 Å². The van der Waals surface area contributed by atoms with Crippen LogP contribution in [-0.4, -0.2) is 28.4 Å². The molecule has 0 fully saturated rings. The highest BCUT2D eigenvalue weighted by Gasteiger charge is 2.43. The van der Waals surface area contributed by atoms with Crippen LogP contribution in [0.5, 0.6) is 23.0 Å². The Balaban J connectivity index is 0.000000174. The van der Waals surface area contributed by atoms with Gasteiger partial charge >= 0.3 is 0 Å². The lowest BCUT2D eigenvalue weighted by atomic mass is 9.71. The lowest BCUT2D eigenvalue weighted by Crippen LogP contribution is -2.25. The second-order valence-corrected chi connectivity index (χ2v) is 19.1. The summed E-state index contributed by atoms with van der Waals surface area (Å²) in [6.07, 6.45) is 9.21. The minimum absolute atomic E-state index is 0.0408. The van der Waals surface area contributed by atoms with E-state index in [1.807, 2.05) is 48.5 Å². The van der Waals surface area contributed by atoms with Gasteiger partial charge in [-0.15, -0.1) is 0 Å². The van der Waals surface area contributed by atoms with Crippen molar-refractivity contribution in [2.75, 3.05) is 28.4 Å². The molecule has 0 saturated carbocycles. The summed E-state index contributed by atoms with van der Waals surface area (Å²) in [6.45, 7) is 9.26. The Morgan fingerprint density at radius 2 is 0.443 bits per heavy atom. The van der Waals surface area contributed by atoms with Gasteiger partial charge in [0, 0.05) is 10.8 Å². The molecular weight excluding hydrogens is 857 g/mol. The number of ether oxygens (including phenoxy) is 4. The Kier molecular flexibility index (Phi) is 14.3. The van der Waals surface area contributed by atoms with E-state index in [0.29, 0.717) is 0 Å². The van der Waals surface area contributed by atoms with Gasteiger partial charge < -0.3 is 18.9 Å². The number of hydrogen-bond acceptors (Lipinski definition) is 4. The molecule has 4 heteroatoms. The molecule has 0 amide bonds. The summed E-state index contributed by atoms with van der Waals surface area (Å²) in [5.41, 5.74) is 21.6. The molecule has 0 unspecified atom stereocenters. The summed E-state index contributed by atoms with van der Waals surface area (Å²) in [5, 5.41) is 0. The molecule has 0 N–H and O–H groups in total. The molecule has 2 aliphatic carbocycles. The van der Waals surface area contributed by atoms with E-state index in [1.54, 1.807) is 28.4 Å². The van der Waals surface area contributed by atoms with Crippen LogP contribution in [0, 0.1) is 0 Å². The Morgan fingerprint density at radius 1 is 0.257 bits per heavy atom. The summed E-state index contributed by atoms with van der Waals surface area (Å²) in [5.74, 6) is 3.55. The Labute approximate surface area is 417 Å². The fraction of sp³-hybridized carbons (Fsp3) is 0.273. The summed E-state index contributed by atoms with van der Waals surface area (Å²) < 4.78 is 21.5. The van der Waals surface area contributed by atoms with Crippen molar-refractivity contribution in [3.63, 3.8) is 0 Å². The summed E-state index contributed by atoms with van der Waals surface area (Å²) in [6, 6.07) is 61.9. The largest absolute Gasteiger partial charge is 0.497 e. The van der Waals surface area contributed by atoms with E-state index in [9.17, 15) is 0 Å². The van der Waals surface area contributed by atoms with Crippen LogP contribution in [0.15, 0.2) is 170 Å². The molecule has 0 atom stereocenters. The number of benzene rings is 8. The van der Waals surface area contributed by atoms with Crippen molar-refractivity contribution in [2.45, 2.75) is 89.9 Å². The quantitative estimate of drug-likeness (QED) is 0.0968. The van der Waals surface area contributed by atoms with Crippen LogP contribution in [0.2, 0.25) is 0 Å². The van der Waals surface area contributed by atoms with Gasteiger partial charge in [0.25, 0.3) is 0 Å². The van der Waals surface area contributed by atoms with E-state index in [2.05, 4.69) is 149 Å². The highest BCUT2D eigenvalue weighted by Crippen LogP contribution is 2.57. The number of hydrogen-bond donors (Lipinski definition) is 0. The van der Waals surface area contributed by atoms with Gasteiger partial charge in [0.05, 0.1) is 28.4 Å². The lowest BCUT2D eigenvalue weighted by molar-refractivity contribution is 0.415. The molecule has 0 bridgehead atoms. The third-order valence-electron chi connectivity index (χ3n) is 15.1. The van der Waals surface area contributed by atoms with Crippen molar-refractivity contribution >= 4 is 0 Å². The Hall–Kier alpha value is -7.04. The summed E-state index contributed by atoms with van der Waals surface area (Å²) >= 11 is 0. The molecule has 8 aromatic rings. The topological polar surface area (TPSA) is 36.9 Å². The van der Waals surface area contributed by atoms with Gasteiger partial charge in [0.2, 0.25) is 0 Å². The van der Waals surface area contributed by atoms with Crippen molar-refractivity contribution in [3.05, 3.63) is 192 Å². The normalized spacial score (nSPS) is 13.3. The highest BCUT2D eigenvalue weighted by molar-refractivity contribution is 5.88. The third kappa shape index (κ3) is 8.90. The number of fused-ring (bicyclic) bond motifs is 6. The SMILES string of the molecule is CCCC1(CCC)c2cc(-c3ccc(OC)cc3)ccc2-c2ccc(-c3ccc(OC)cc3)cc21.CCCC1(CCC)c2cc(-c3ccc(OC)cc3)ccc2-c2ccc(-c3ccc(OC)cc3)cc21. The second-order valence-electron chi connectivity index (χ2n) is 19.1. The number of methoxy groups -OCH3 is 4. The van der Waals surface area contributed by atoms with E-state index < -0.39 is 0 Å². The second kappa shape index (κ2) is 20.9.